The molecule has 0 aliphatic rings. The lowest BCUT2D eigenvalue weighted by Crippen LogP contribution is -2.15. The fourth-order valence-corrected chi connectivity index (χ4v) is 3.73. The quantitative estimate of drug-likeness (QED) is 0.923. The van der Waals surface area contributed by atoms with E-state index in [2.05, 4.69) is 20.7 Å². The summed E-state index contributed by atoms with van der Waals surface area (Å²) in [5.41, 5.74) is 0.290. The van der Waals surface area contributed by atoms with E-state index in [4.69, 9.17) is 0 Å². The zero-order valence-electron chi connectivity index (χ0n) is 9.40. The molecule has 0 saturated carbocycles. The van der Waals surface area contributed by atoms with E-state index in [1.165, 1.54) is 12.1 Å². The first-order chi connectivity index (χ1) is 8.90. The highest BCUT2D eigenvalue weighted by Crippen LogP contribution is 2.27. The molecule has 0 aliphatic carbocycles. The van der Waals surface area contributed by atoms with Gasteiger partial charge in [-0.3, -0.25) is 4.72 Å². The summed E-state index contributed by atoms with van der Waals surface area (Å²) < 4.78 is 52.7. The van der Waals surface area contributed by atoms with Crippen LogP contribution in [0.2, 0.25) is 0 Å². The average Bonchev–Trinajstić information content (AvgIpc) is 2.27. The smallest absolute Gasteiger partial charge is 0.265 e. The minimum Gasteiger partial charge on any atom is -0.280 e. The third-order valence-corrected chi connectivity index (χ3v) is 4.60. The molecule has 0 spiro atoms. The fourth-order valence-electron chi connectivity index (χ4n) is 1.50. The van der Waals surface area contributed by atoms with Gasteiger partial charge >= 0.3 is 0 Å². The fraction of sp³-hybridized carbons (Fsp3) is 0. The highest BCUT2D eigenvalue weighted by molar-refractivity contribution is 9.10. The molecule has 2 aromatic carbocycles. The van der Waals surface area contributed by atoms with E-state index in [-0.39, 0.29) is 10.2 Å². The first-order valence-electron chi connectivity index (χ1n) is 5.12. The summed E-state index contributed by atoms with van der Waals surface area (Å²) in [6, 6.07) is 9.43. The normalized spacial score (nSPS) is 11.3. The number of rotatable bonds is 3. The van der Waals surface area contributed by atoms with Crippen molar-refractivity contribution in [3.63, 3.8) is 0 Å². The van der Waals surface area contributed by atoms with E-state index < -0.39 is 26.6 Å². The predicted molar refractivity (Wildman–Crippen MR) is 71.3 cm³/mol. The summed E-state index contributed by atoms with van der Waals surface area (Å²) in [4.78, 5) is -0.627. The molecule has 0 unspecified atom stereocenters. The Kier molecular flexibility index (Phi) is 3.86. The summed E-state index contributed by atoms with van der Waals surface area (Å²) in [6.45, 7) is 0. The van der Waals surface area contributed by atoms with Crippen LogP contribution in [-0.4, -0.2) is 8.42 Å². The lowest BCUT2D eigenvalue weighted by Gasteiger charge is -2.10. The monoisotopic (exact) mass is 347 g/mol. The molecule has 19 heavy (non-hydrogen) atoms. The number of nitrogens with one attached hydrogen (secondary N) is 1. The van der Waals surface area contributed by atoms with Crippen LogP contribution < -0.4 is 4.72 Å². The second kappa shape index (κ2) is 5.26. The molecule has 7 heteroatoms. The van der Waals surface area contributed by atoms with Crippen molar-refractivity contribution in [3.8, 4) is 0 Å². The van der Waals surface area contributed by atoms with Crippen molar-refractivity contribution in [2.24, 2.45) is 0 Å². The van der Waals surface area contributed by atoms with Gasteiger partial charge in [0.25, 0.3) is 10.0 Å². The topological polar surface area (TPSA) is 46.2 Å². The summed E-state index contributed by atoms with van der Waals surface area (Å²) in [5, 5.41) is 0. The lowest BCUT2D eigenvalue weighted by atomic mass is 10.3. The van der Waals surface area contributed by atoms with Crippen molar-refractivity contribution in [2.45, 2.75) is 4.90 Å². The van der Waals surface area contributed by atoms with Gasteiger partial charge in [0.1, 0.15) is 16.5 Å². The van der Waals surface area contributed by atoms with Crippen LogP contribution in [0.4, 0.5) is 14.5 Å². The molecule has 100 valence electrons. The zero-order valence-corrected chi connectivity index (χ0v) is 11.8. The van der Waals surface area contributed by atoms with Gasteiger partial charge in [0.05, 0.1) is 0 Å². The predicted octanol–water partition coefficient (Wildman–Crippen LogP) is 3.53. The van der Waals surface area contributed by atoms with Crippen LogP contribution in [0.25, 0.3) is 0 Å². The number of sulfonamides is 1. The van der Waals surface area contributed by atoms with Crippen LogP contribution in [0.5, 0.6) is 0 Å². The van der Waals surface area contributed by atoms with Crippen molar-refractivity contribution >= 4 is 31.6 Å². The first kappa shape index (κ1) is 14.0. The second-order valence-corrected chi connectivity index (χ2v) is 6.14. The number of halogens is 3. The van der Waals surface area contributed by atoms with E-state index in [1.807, 2.05) is 0 Å². The number of hydrogen-bond donors (Lipinski definition) is 1. The Balaban J connectivity index is 2.46. The van der Waals surface area contributed by atoms with Crippen LogP contribution in [0.1, 0.15) is 0 Å². The summed E-state index contributed by atoms with van der Waals surface area (Å²) in [6.07, 6.45) is 0. The van der Waals surface area contributed by atoms with E-state index in [1.54, 1.807) is 18.2 Å². The minimum absolute atomic E-state index is 0.173. The Bertz CT molecular complexity index is 682. The Labute approximate surface area is 117 Å². The van der Waals surface area contributed by atoms with Crippen LogP contribution in [0, 0.1) is 11.6 Å². The minimum atomic E-state index is -4.13. The number of anilines is 1. The molecular weight excluding hydrogens is 340 g/mol. The second-order valence-electron chi connectivity index (χ2n) is 3.67. The van der Waals surface area contributed by atoms with Crippen molar-refractivity contribution in [1.29, 1.82) is 0 Å². The molecule has 1 N–H and O–H groups in total. The molecule has 3 nitrogen and oxygen atoms in total. The highest BCUT2D eigenvalue weighted by atomic mass is 79.9. The Morgan fingerprint density at radius 1 is 1.05 bits per heavy atom. The Morgan fingerprint density at radius 3 is 2.26 bits per heavy atom. The molecule has 0 atom stereocenters. The van der Waals surface area contributed by atoms with Gasteiger partial charge in [-0.2, -0.15) is 0 Å². The van der Waals surface area contributed by atoms with E-state index >= 15 is 0 Å². The largest absolute Gasteiger partial charge is 0.280 e. The number of para-hydroxylation sites is 1. The summed E-state index contributed by atoms with van der Waals surface area (Å²) >= 11 is 2.85. The molecule has 0 fully saturated rings. The zero-order chi connectivity index (χ0) is 14.0. The van der Waals surface area contributed by atoms with Gasteiger partial charge in [0.15, 0.2) is 0 Å². The molecule has 0 saturated heterocycles. The summed E-state index contributed by atoms with van der Waals surface area (Å²) in [5.74, 6) is -2.02. The van der Waals surface area contributed by atoms with E-state index in [9.17, 15) is 17.2 Å². The van der Waals surface area contributed by atoms with Crippen LogP contribution in [0.15, 0.2) is 51.8 Å². The van der Waals surface area contributed by atoms with E-state index in [0.717, 1.165) is 6.07 Å². The van der Waals surface area contributed by atoms with Crippen molar-refractivity contribution in [2.75, 3.05) is 4.72 Å². The van der Waals surface area contributed by atoms with Gasteiger partial charge in [0.2, 0.25) is 0 Å². The van der Waals surface area contributed by atoms with Crippen molar-refractivity contribution in [3.05, 3.63) is 58.6 Å². The molecule has 0 radical (unpaired) electrons. The maximum Gasteiger partial charge on any atom is 0.265 e. The maximum absolute atomic E-state index is 13.6. The molecule has 2 rings (SSSR count). The van der Waals surface area contributed by atoms with Crippen LogP contribution in [-0.2, 0) is 10.0 Å². The van der Waals surface area contributed by atoms with Crippen LogP contribution >= 0.6 is 15.9 Å². The molecule has 0 aliphatic heterocycles. The van der Waals surface area contributed by atoms with Gasteiger partial charge in [-0.1, -0.05) is 18.2 Å². The lowest BCUT2D eigenvalue weighted by molar-refractivity contribution is 0.548. The third-order valence-electron chi connectivity index (χ3n) is 2.26. The van der Waals surface area contributed by atoms with E-state index in [0.29, 0.717) is 6.07 Å². The molecular formula is C12H8BrF2NO2S. The molecule has 0 aromatic heterocycles. The summed E-state index contributed by atoms with van der Waals surface area (Å²) in [7, 11) is -4.13. The van der Waals surface area contributed by atoms with Gasteiger partial charge in [-0.15, -0.1) is 0 Å². The maximum atomic E-state index is 13.6. The molecule has 2 aromatic rings. The standard InChI is InChI=1S/C12H8BrF2NO2S/c13-10-6-8(14)7-11(15)12(10)19(17,18)16-9-4-2-1-3-5-9/h1-7,16H. The third kappa shape index (κ3) is 3.10. The highest BCUT2D eigenvalue weighted by Gasteiger charge is 2.23. The van der Waals surface area contributed by atoms with Gasteiger partial charge in [-0.05, 0) is 34.1 Å². The van der Waals surface area contributed by atoms with Gasteiger partial charge in [0, 0.05) is 16.2 Å². The Morgan fingerprint density at radius 2 is 1.68 bits per heavy atom. The molecule has 0 amide bonds. The van der Waals surface area contributed by atoms with Crippen molar-refractivity contribution < 1.29 is 17.2 Å². The molecule has 0 heterocycles. The molecule has 0 bridgehead atoms. The van der Waals surface area contributed by atoms with Gasteiger partial charge < -0.3 is 0 Å². The van der Waals surface area contributed by atoms with Crippen LogP contribution in [0.3, 0.4) is 0 Å². The first-order valence-corrected chi connectivity index (χ1v) is 7.40. The Hall–Kier alpha value is -1.47. The number of hydrogen-bond acceptors (Lipinski definition) is 2. The average molecular weight is 348 g/mol. The van der Waals surface area contributed by atoms with Gasteiger partial charge in [-0.25, -0.2) is 17.2 Å². The SMILES string of the molecule is O=S(=O)(Nc1ccccc1)c1c(F)cc(F)cc1Br. The van der Waals surface area contributed by atoms with Crippen molar-refractivity contribution in [1.82, 2.24) is 0 Å². The number of benzene rings is 2.